The molecule has 1 fully saturated rings. The van der Waals surface area contributed by atoms with Crippen LogP contribution in [-0.4, -0.2) is 56.3 Å². The number of alkyl halides is 3. The van der Waals surface area contributed by atoms with Crippen LogP contribution in [0.15, 0.2) is 18.2 Å². The lowest BCUT2D eigenvalue weighted by atomic mass is 10.00. The van der Waals surface area contributed by atoms with Crippen LogP contribution in [0, 0.1) is 0 Å². The normalized spacial score (nSPS) is 17.0. The Bertz CT molecular complexity index is 511. The minimum atomic E-state index is -4.74. The molecule has 24 heavy (non-hydrogen) atoms. The Hall–Kier alpha value is -1.22. The molecule has 0 spiro atoms. The van der Waals surface area contributed by atoms with Crippen molar-refractivity contribution >= 4 is 12.4 Å². The van der Waals surface area contributed by atoms with E-state index in [9.17, 15) is 18.3 Å². The summed E-state index contributed by atoms with van der Waals surface area (Å²) < 4.78 is 46.6. The molecular weight excluding hydrogens is 349 g/mol. The summed E-state index contributed by atoms with van der Waals surface area (Å²) >= 11 is 0. The van der Waals surface area contributed by atoms with E-state index in [1.807, 2.05) is 0 Å². The number of piperazine rings is 1. The minimum absolute atomic E-state index is 0. The van der Waals surface area contributed by atoms with Gasteiger partial charge in [0.05, 0.1) is 7.11 Å². The van der Waals surface area contributed by atoms with Crippen molar-refractivity contribution < 1.29 is 27.8 Å². The van der Waals surface area contributed by atoms with Crippen LogP contribution in [0.2, 0.25) is 0 Å². The molecule has 1 saturated heterocycles. The summed E-state index contributed by atoms with van der Waals surface area (Å²) in [4.78, 5) is 2.13. The topological polar surface area (TPSA) is 54.0 Å². The molecule has 1 aromatic carbocycles. The van der Waals surface area contributed by atoms with Gasteiger partial charge in [-0.3, -0.25) is 4.90 Å². The number of nitrogens with zero attached hydrogens (tertiary/aromatic N) is 1. The fourth-order valence-corrected chi connectivity index (χ4v) is 2.82. The van der Waals surface area contributed by atoms with Gasteiger partial charge in [-0.05, 0) is 24.6 Å². The van der Waals surface area contributed by atoms with Crippen molar-refractivity contribution in [3.63, 3.8) is 0 Å². The van der Waals surface area contributed by atoms with E-state index in [2.05, 4.69) is 15.0 Å². The van der Waals surface area contributed by atoms with Gasteiger partial charge in [-0.1, -0.05) is 0 Å². The highest BCUT2D eigenvalue weighted by Gasteiger charge is 2.32. The number of halogens is 4. The molecule has 1 heterocycles. The number of nitrogens with one attached hydrogen (secondary N) is 1. The minimum Gasteiger partial charge on any atom is -0.496 e. The van der Waals surface area contributed by atoms with Crippen LogP contribution in [0.5, 0.6) is 11.5 Å². The summed E-state index contributed by atoms with van der Waals surface area (Å²) in [6, 6.07) is 3.80. The fourth-order valence-electron chi connectivity index (χ4n) is 2.82. The summed E-state index contributed by atoms with van der Waals surface area (Å²) in [7, 11) is 1.47. The van der Waals surface area contributed by atoms with Crippen LogP contribution in [0.4, 0.5) is 13.2 Å². The first-order valence-electron chi connectivity index (χ1n) is 7.44. The Morgan fingerprint density at radius 2 is 1.96 bits per heavy atom. The maximum Gasteiger partial charge on any atom is 0.573 e. The molecule has 2 N–H and O–H groups in total. The van der Waals surface area contributed by atoms with E-state index in [-0.39, 0.29) is 30.8 Å². The molecule has 0 bridgehead atoms. The molecule has 0 aliphatic carbocycles. The van der Waals surface area contributed by atoms with Crippen LogP contribution >= 0.6 is 12.4 Å². The Kier molecular flexibility index (Phi) is 8.08. The van der Waals surface area contributed by atoms with E-state index in [0.717, 1.165) is 26.2 Å². The van der Waals surface area contributed by atoms with Crippen molar-refractivity contribution in [2.75, 3.05) is 39.9 Å². The summed E-state index contributed by atoms with van der Waals surface area (Å²) in [5.41, 5.74) is 0.588. The van der Waals surface area contributed by atoms with Crippen LogP contribution in [-0.2, 0) is 0 Å². The molecule has 0 amide bonds. The van der Waals surface area contributed by atoms with Crippen molar-refractivity contribution in [1.82, 2.24) is 10.2 Å². The van der Waals surface area contributed by atoms with Crippen molar-refractivity contribution in [1.29, 1.82) is 0 Å². The largest absolute Gasteiger partial charge is 0.573 e. The van der Waals surface area contributed by atoms with Crippen LogP contribution in [0.25, 0.3) is 0 Å². The number of rotatable bonds is 6. The lowest BCUT2D eigenvalue weighted by molar-refractivity contribution is -0.274. The van der Waals surface area contributed by atoms with Gasteiger partial charge >= 0.3 is 6.36 Å². The van der Waals surface area contributed by atoms with Gasteiger partial charge in [0.15, 0.2) is 0 Å². The number of benzene rings is 1. The number of ether oxygens (including phenoxy) is 2. The number of hydrogen-bond acceptors (Lipinski definition) is 5. The second-order valence-electron chi connectivity index (χ2n) is 5.27. The predicted octanol–water partition coefficient (Wildman–Crippen LogP) is 2.34. The highest BCUT2D eigenvalue weighted by Crippen LogP contribution is 2.36. The van der Waals surface area contributed by atoms with E-state index in [1.54, 1.807) is 0 Å². The number of hydrogen-bond donors (Lipinski definition) is 2. The number of aliphatic hydroxyl groups excluding tert-OH is 1. The van der Waals surface area contributed by atoms with Crippen molar-refractivity contribution in [2.45, 2.75) is 18.8 Å². The first-order chi connectivity index (χ1) is 10.9. The van der Waals surface area contributed by atoms with E-state index in [0.29, 0.717) is 17.7 Å². The summed E-state index contributed by atoms with van der Waals surface area (Å²) in [6.07, 6.45) is -4.33. The second-order valence-corrected chi connectivity index (χ2v) is 5.27. The van der Waals surface area contributed by atoms with Gasteiger partial charge in [-0.25, -0.2) is 0 Å². The Balaban J connectivity index is 0.00000288. The van der Waals surface area contributed by atoms with Gasteiger partial charge in [0.1, 0.15) is 11.5 Å². The quantitative estimate of drug-likeness (QED) is 0.805. The monoisotopic (exact) mass is 370 g/mol. The van der Waals surface area contributed by atoms with Gasteiger partial charge in [-0.2, -0.15) is 0 Å². The average molecular weight is 371 g/mol. The van der Waals surface area contributed by atoms with Gasteiger partial charge in [0.25, 0.3) is 0 Å². The molecule has 0 saturated carbocycles. The smallest absolute Gasteiger partial charge is 0.496 e. The van der Waals surface area contributed by atoms with Gasteiger partial charge < -0.3 is 19.9 Å². The molecule has 0 unspecified atom stereocenters. The molecule has 138 valence electrons. The van der Waals surface area contributed by atoms with E-state index >= 15 is 0 Å². The summed E-state index contributed by atoms with van der Waals surface area (Å²) in [5.74, 6) is 0.197. The zero-order chi connectivity index (χ0) is 16.9. The van der Waals surface area contributed by atoms with Gasteiger partial charge in [0, 0.05) is 44.4 Å². The molecule has 1 aromatic rings. The van der Waals surface area contributed by atoms with Gasteiger partial charge in [0.2, 0.25) is 0 Å². The average Bonchev–Trinajstić information content (AvgIpc) is 2.52. The predicted molar refractivity (Wildman–Crippen MR) is 85.8 cm³/mol. The SMILES string of the molecule is COc1ccc(OC(F)(F)F)cc1[C@H](CCO)N1CCNCC1.Cl. The summed E-state index contributed by atoms with van der Waals surface area (Å²) in [6.45, 7) is 3.02. The molecule has 1 aliphatic rings. The third-order valence-corrected chi connectivity index (χ3v) is 3.79. The van der Waals surface area contributed by atoms with Crippen LogP contribution < -0.4 is 14.8 Å². The second kappa shape index (κ2) is 9.31. The number of aliphatic hydroxyl groups is 1. The first kappa shape index (κ1) is 20.8. The summed E-state index contributed by atoms with van der Waals surface area (Å²) in [5, 5.41) is 12.6. The molecular formula is C15H22ClF3N2O3. The maximum absolute atomic E-state index is 12.4. The lowest BCUT2D eigenvalue weighted by Gasteiger charge is -2.35. The molecule has 1 aliphatic heterocycles. The third kappa shape index (κ3) is 5.70. The molecule has 0 aromatic heterocycles. The Morgan fingerprint density at radius 3 is 2.50 bits per heavy atom. The molecule has 2 rings (SSSR count). The molecule has 0 radical (unpaired) electrons. The molecule has 5 nitrogen and oxygen atoms in total. The lowest BCUT2D eigenvalue weighted by Crippen LogP contribution is -2.45. The fraction of sp³-hybridized carbons (Fsp3) is 0.600. The van der Waals surface area contributed by atoms with Crippen LogP contribution in [0.3, 0.4) is 0 Å². The highest BCUT2D eigenvalue weighted by atomic mass is 35.5. The third-order valence-electron chi connectivity index (χ3n) is 3.79. The van der Waals surface area contributed by atoms with E-state index in [4.69, 9.17) is 4.74 Å². The van der Waals surface area contributed by atoms with Crippen molar-refractivity contribution in [3.05, 3.63) is 23.8 Å². The zero-order valence-electron chi connectivity index (χ0n) is 13.3. The van der Waals surface area contributed by atoms with Gasteiger partial charge in [-0.15, -0.1) is 25.6 Å². The highest BCUT2D eigenvalue weighted by molar-refractivity contribution is 5.85. The zero-order valence-corrected chi connectivity index (χ0v) is 14.1. The first-order valence-corrected chi connectivity index (χ1v) is 7.44. The maximum atomic E-state index is 12.4. The molecule has 9 heteroatoms. The van der Waals surface area contributed by atoms with Crippen molar-refractivity contribution in [3.8, 4) is 11.5 Å². The Morgan fingerprint density at radius 1 is 1.29 bits per heavy atom. The van der Waals surface area contributed by atoms with E-state index in [1.165, 1.54) is 25.3 Å². The van der Waals surface area contributed by atoms with Crippen molar-refractivity contribution in [2.24, 2.45) is 0 Å². The van der Waals surface area contributed by atoms with E-state index < -0.39 is 6.36 Å². The standard InChI is InChI=1S/C15H21F3N2O3.ClH/c1-22-14-3-2-11(23-15(16,17)18)10-12(14)13(4-9-21)20-7-5-19-6-8-20;/h2-3,10,13,19,21H,4-9H2,1H3;1H/t13-;/m0./s1. The number of methoxy groups -OCH3 is 1. The Labute approximate surface area is 145 Å². The van der Waals surface area contributed by atoms with Crippen LogP contribution in [0.1, 0.15) is 18.0 Å². The molecule has 1 atom stereocenters.